The summed E-state index contributed by atoms with van der Waals surface area (Å²) in [7, 11) is 0. The van der Waals surface area contributed by atoms with Crippen LogP contribution in [-0.4, -0.2) is 27.4 Å². The minimum absolute atomic E-state index is 0.00781. The molecule has 17 heavy (non-hydrogen) atoms. The third-order valence-electron chi connectivity index (χ3n) is 2.96. The number of cyclic esters (lactones) is 1. The molecule has 0 aliphatic carbocycles. The van der Waals surface area contributed by atoms with Crippen LogP contribution < -0.4 is 4.72 Å². The van der Waals surface area contributed by atoms with Crippen molar-refractivity contribution in [2.45, 2.75) is 64.4 Å². The van der Waals surface area contributed by atoms with E-state index in [2.05, 4.69) is 4.72 Å². The molecule has 1 saturated heterocycles. The van der Waals surface area contributed by atoms with E-state index in [4.69, 9.17) is 4.74 Å². The topological polar surface area (TPSA) is 61.4 Å². The zero-order valence-corrected chi connectivity index (χ0v) is 12.1. The maximum Gasteiger partial charge on any atom is 0.308 e. The highest BCUT2D eigenvalue weighted by atomic mass is 32.2. The zero-order chi connectivity index (χ0) is 13.2. The third-order valence-corrected chi connectivity index (χ3v) is 4.66. The number of carbonyl (C=O) groups is 1. The van der Waals surface area contributed by atoms with E-state index in [-0.39, 0.29) is 28.8 Å². The van der Waals surface area contributed by atoms with E-state index in [0.717, 1.165) is 12.8 Å². The summed E-state index contributed by atoms with van der Waals surface area (Å²) in [6.07, 6.45) is 1.52. The number of hydrogen-bond acceptors (Lipinski definition) is 4. The summed E-state index contributed by atoms with van der Waals surface area (Å²) in [6.45, 7) is 9.54. The van der Waals surface area contributed by atoms with Gasteiger partial charge in [-0.2, -0.15) is 0 Å². The molecule has 0 aromatic heterocycles. The molecule has 4 atom stereocenters. The summed E-state index contributed by atoms with van der Waals surface area (Å²) >= 11 is -1.13. The molecule has 4 nitrogen and oxygen atoms in total. The zero-order valence-electron chi connectivity index (χ0n) is 11.3. The van der Waals surface area contributed by atoms with Crippen LogP contribution in [0.5, 0.6) is 0 Å². The van der Waals surface area contributed by atoms with E-state index in [1.165, 1.54) is 0 Å². The van der Waals surface area contributed by atoms with Gasteiger partial charge in [-0.15, -0.1) is 4.72 Å². The molecular weight excluding hydrogens is 238 g/mol. The fourth-order valence-corrected chi connectivity index (χ4v) is 2.47. The summed E-state index contributed by atoms with van der Waals surface area (Å²) in [4.78, 5) is 11.5. The Balaban J connectivity index is 2.48. The molecule has 0 amide bonds. The van der Waals surface area contributed by atoms with Crippen molar-refractivity contribution in [3.63, 3.8) is 0 Å². The molecule has 100 valence electrons. The first-order chi connectivity index (χ1) is 7.71. The molecule has 0 radical (unpaired) electrons. The minimum Gasteiger partial charge on any atom is -0.598 e. The lowest BCUT2D eigenvalue weighted by molar-refractivity contribution is -0.160. The van der Waals surface area contributed by atoms with Crippen molar-refractivity contribution in [2.75, 3.05) is 0 Å². The maximum absolute atomic E-state index is 11.9. The van der Waals surface area contributed by atoms with Gasteiger partial charge in [0.1, 0.15) is 10.9 Å². The fraction of sp³-hybridized carbons (Fsp3) is 0.917. The molecule has 0 aromatic rings. The van der Waals surface area contributed by atoms with E-state index in [9.17, 15) is 9.35 Å². The van der Waals surface area contributed by atoms with Crippen LogP contribution in [0.1, 0.15) is 47.5 Å². The molecule has 1 aliphatic heterocycles. The van der Waals surface area contributed by atoms with Crippen LogP contribution >= 0.6 is 0 Å². The Hall–Kier alpha value is -0.260. The standard InChI is InChI=1S/C12H23NO3S/c1-8-6-7-10(16-11(8)14)9(2)13-17(15)12(3,4)5/h8-10,13H,6-7H2,1-5H3. The predicted molar refractivity (Wildman–Crippen MR) is 68.8 cm³/mol. The van der Waals surface area contributed by atoms with E-state index < -0.39 is 11.4 Å². The van der Waals surface area contributed by atoms with Gasteiger partial charge in [0.25, 0.3) is 0 Å². The first-order valence-corrected chi connectivity index (χ1v) is 7.25. The summed E-state index contributed by atoms with van der Waals surface area (Å²) in [5, 5.41) is 0. The molecule has 1 heterocycles. The van der Waals surface area contributed by atoms with Gasteiger partial charge in [0, 0.05) is 11.4 Å². The first-order valence-electron chi connectivity index (χ1n) is 6.10. The maximum atomic E-state index is 11.9. The fourth-order valence-electron chi connectivity index (χ4n) is 1.63. The van der Waals surface area contributed by atoms with Crippen LogP contribution in [0.3, 0.4) is 0 Å². The van der Waals surface area contributed by atoms with Gasteiger partial charge in [-0.05, 0) is 40.5 Å². The number of carbonyl (C=O) groups excluding carboxylic acids is 1. The molecule has 4 unspecified atom stereocenters. The quantitative estimate of drug-likeness (QED) is 0.621. The van der Waals surface area contributed by atoms with Crippen LogP contribution in [0, 0.1) is 5.92 Å². The molecule has 1 aliphatic rings. The first kappa shape index (κ1) is 14.8. The van der Waals surface area contributed by atoms with E-state index in [0.29, 0.717) is 0 Å². The summed E-state index contributed by atoms with van der Waals surface area (Å²) in [5.74, 6) is -0.150. The average Bonchev–Trinajstić information content (AvgIpc) is 2.20. The van der Waals surface area contributed by atoms with Crippen LogP contribution in [0.2, 0.25) is 0 Å². The van der Waals surface area contributed by atoms with E-state index >= 15 is 0 Å². The van der Waals surface area contributed by atoms with Crippen molar-refractivity contribution >= 4 is 17.3 Å². The van der Waals surface area contributed by atoms with Gasteiger partial charge >= 0.3 is 5.97 Å². The third kappa shape index (κ3) is 4.16. The number of hydrogen-bond donors (Lipinski definition) is 1. The van der Waals surface area contributed by atoms with Gasteiger partial charge in [0.05, 0.1) is 12.0 Å². The van der Waals surface area contributed by atoms with Crippen LogP contribution in [0.15, 0.2) is 0 Å². The highest BCUT2D eigenvalue weighted by Gasteiger charge is 2.35. The van der Waals surface area contributed by atoms with Crippen molar-refractivity contribution < 1.29 is 14.1 Å². The van der Waals surface area contributed by atoms with Gasteiger partial charge in [-0.3, -0.25) is 4.79 Å². The van der Waals surface area contributed by atoms with Gasteiger partial charge in [0.15, 0.2) is 0 Å². The molecule has 0 spiro atoms. The van der Waals surface area contributed by atoms with E-state index in [1.807, 2.05) is 34.6 Å². The Morgan fingerprint density at radius 1 is 1.47 bits per heavy atom. The second-order valence-electron chi connectivity index (χ2n) is 5.74. The average molecular weight is 261 g/mol. The van der Waals surface area contributed by atoms with Crippen molar-refractivity contribution in [3.8, 4) is 0 Å². The Bertz CT molecular complexity index is 277. The SMILES string of the molecule is CC1CCC(C(C)N[S+]([O-])C(C)(C)C)OC1=O. The van der Waals surface area contributed by atoms with Crippen LogP contribution in [0.25, 0.3) is 0 Å². The Kier molecular flexibility index (Phi) is 4.86. The molecule has 0 aromatic carbocycles. The van der Waals surface area contributed by atoms with Gasteiger partial charge in [0.2, 0.25) is 0 Å². The van der Waals surface area contributed by atoms with Gasteiger partial charge < -0.3 is 9.29 Å². The monoisotopic (exact) mass is 261 g/mol. The molecule has 1 rings (SSSR count). The number of esters is 1. The molecule has 1 N–H and O–H groups in total. The highest BCUT2D eigenvalue weighted by Crippen LogP contribution is 2.23. The second kappa shape index (κ2) is 5.59. The largest absolute Gasteiger partial charge is 0.598 e. The lowest BCUT2D eigenvalue weighted by Gasteiger charge is -2.33. The van der Waals surface area contributed by atoms with E-state index in [1.54, 1.807) is 0 Å². The molecule has 0 saturated carbocycles. The molecule has 0 bridgehead atoms. The van der Waals surface area contributed by atoms with Crippen molar-refractivity contribution in [3.05, 3.63) is 0 Å². The molecule has 1 fully saturated rings. The lowest BCUT2D eigenvalue weighted by Crippen LogP contribution is -2.50. The Morgan fingerprint density at radius 3 is 2.53 bits per heavy atom. The van der Waals surface area contributed by atoms with Crippen molar-refractivity contribution in [2.24, 2.45) is 5.92 Å². The number of nitrogens with one attached hydrogen (secondary N) is 1. The smallest absolute Gasteiger partial charge is 0.308 e. The number of rotatable bonds is 3. The van der Waals surface area contributed by atoms with Crippen molar-refractivity contribution in [1.29, 1.82) is 0 Å². The predicted octanol–water partition coefficient (Wildman–Crippen LogP) is 1.77. The molecular formula is C12H23NO3S. The van der Waals surface area contributed by atoms with Crippen molar-refractivity contribution in [1.82, 2.24) is 4.72 Å². The van der Waals surface area contributed by atoms with Crippen LogP contribution in [0.4, 0.5) is 0 Å². The Labute approximate surface area is 107 Å². The normalized spacial score (nSPS) is 29.6. The lowest BCUT2D eigenvalue weighted by atomic mass is 9.97. The number of ether oxygens (including phenoxy) is 1. The summed E-state index contributed by atoms with van der Waals surface area (Å²) in [6, 6.07) is -0.0773. The molecule has 5 heteroatoms. The summed E-state index contributed by atoms with van der Waals surface area (Å²) < 4.78 is 20.0. The summed E-state index contributed by atoms with van der Waals surface area (Å²) in [5.41, 5.74) is 0. The van der Waals surface area contributed by atoms with Gasteiger partial charge in [-0.1, -0.05) is 6.92 Å². The van der Waals surface area contributed by atoms with Gasteiger partial charge in [-0.25, -0.2) is 0 Å². The highest BCUT2D eigenvalue weighted by molar-refractivity contribution is 7.90. The minimum atomic E-state index is -1.13. The van der Waals surface area contributed by atoms with Crippen LogP contribution in [-0.2, 0) is 20.9 Å². The second-order valence-corrected chi connectivity index (χ2v) is 7.74. The Morgan fingerprint density at radius 2 is 2.06 bits per heavy atom.